The average Bonchev–Trinajstić information content (AvgIpc) is 1.91. The number of rotatable bonds is 5. The van der Waals surface area contributed by atoms with Gasteiger partial charge in [0.25, 0.3) is 0 Å². The molecule has 0 aliphatic heterocycles. The average molecular weight is 148 g/mol. The van der Waals surface area contributed by atoms with Crippen LogP contribution in [0.1, 0.15) is 26.2 Å². The molecule has 0 aromatic carbocycles. The minimum Gasteiger partial charge on any atom is -0.404 e. The van der Waals surface area contributed by atoms with Gasteiger partial charge in [0, 0.05) is 7.11 Å². The molecule has 0 aliphatic carbocycles. The maximum absolute atomic E-state index is 5.12. The summed E-state index contributed by atoms with van der Waals surface area (Å²) >= 11 is 0. The van der Waals surface area contributed by atoms with Crippen LogP contribution >= 0.6 is 0 Å². The fourth-order valence-electron chi connectivity index (χ4n) is 0.703. The van der Waals surface area contributed by atoms with E-state index >= 15 is 0 Å². The molecule has 0 aromatic rings. The lowest BCUT2D eigenvalue weighted by atomic mass is 10.2. The molecule has 0 saturated heterocycles. The molecule has 0 amide bonds. The summed E-state index contributed by atoms with van der Waals surface area (Å²) < 4.78 is 10.1. The lowest BCUT2D eigenvalue weighted by Gasteiger charge is -2.12. The first-order chi connectivity index (χ1) is 4.35. The highest BCUT2D eigenvalue weighted by Crippen LogP contribution is 2.02. The Morgan fingerprint density at radius 3 is 2.56 bits per heavy atom. The van der Waals surface area contributed by atoms with E-state index in [0.717, 1.165) is 16.9 Å². The van der Waals surface area contributed by atoms with Crippen molar-refractivity contribution in [1.29, 1.82) is 0 Å². The maximum atomic E-state index is 5.12. The molecule has 9 heavy (non-hydrogen) atoms. The van der Waals surface area contributed by atoms with Gasteiger partial charge in [0.1, 0.15) is 16.8 Å². The molecular formula is C6H16O2Si. The van der Waals surface area contributed by atoms with E-state index in [4.69, 9.17) is 9.16 Å². The number of methoxy groups -OCH3 is 1. The molecule has 0 bridgehead atoms. The second-order valence-corrected chi connectivity index (χ2v) is 2.51. The van der Waals surface area contributed by atoms with Gasteiger partial charge in [0.15, 0.2) is 0 Å². The Bertz CT molecular complexity index is 55.0. The second kappa shape index (κ2) is 6.26. The van der Waals surface area contributed by atoms with Crippen LogP contribution < -0.4 is 0 Å². The quantitative estimate of drug-likeness (QED) is 0.416. The first-order valence-electron chi connectivity index (χ1n) is 3.40. The number of ether oxygens (including phenoxy) is 1. The van der Waals surface area contributed by atoms with Crippen LogP contribution in [0.2, 0.25) is 0 Å². The van der Waals surface area contributed by atoms with Crippen LogP contribution in [0, 0.1) is 0 Å². The zero-order valence-corrected chi connectivity index (χ0v) is 8.52. The molecule has 0 aromatic heterocycles. The maximum Gasteiger partial charge on any atom is 0.149 e. The van der Waals surface area contributed by atoms with Gasteiger partial charge in [-0.25, -0.2) is 0 Å². The zero-order chi connectivity index (χ0) is 7.11. The molecule has 1 unspecified atom stereocenters. The van der Waals surface area contributed by atoms with E-state index in [1.165, 1.54) is 12.8 Å². The van der Waals surface area contributed by atoms with Crippen LogP contribution in [0.3, 0.4) is 0 Å². The third kappa shape index (κ3) is 4.63. The number of hydrogen-bond acceptors (Lipinski definition) is 2. The molecule has 0 heterocycles. The molecule has 56 valence electrons. The van der Waals surface area contributed by atoms with Gasteiger partial charge in [0.2, 0.25) is 0 Å². The van der Waals surface area contributed by atoms with E-state index in [2.05, 4.69) is 6.92 Å². The third-order valence-corrected chi connectivity index (χ3v) is 1.84. The summed E-state index contributed by atoms with van der Waals surface area (Å²) in [7, 11) is 2.47. The molecule has 0 spiro atoms. The van der Waals surface area contributed by atoms with Crippen LogP contribution in [-0.4, -0.2) is 23.9 Å². The summed E-state index contributed by atoms with van der Waals surface area (Å²) in [5.41, 5.74) is 0. The van der Waals surface area contributed by atoms with Crippen LogP contribution in [0.25, 0.3) is 0 Å². The standard InChI is InChI=1S/C6H16O2Si/c1-3-4-5-6(7-2)8-9/h6H,3-5H2,1-2,9H3. The predicted octanol–water partition coefficient (Wildman–Crippen LogP) is 0.446. The van der Waals surface area contributed by atoms with Gasteiger partial charge in [-0.2, -0.15) is 0 Å². The molecular weight excluding hydrogens is 132 g/mol. The summed E-state index contributed by atoms with van der Waals surface area (Å²) in [6, 6.07) is 0. The van der Waals surface area contributed by atoms with Gasteiger partial charge < -0.3 is 9.16 Å². The van der Waals surface area contributed by atoms with Crippen molar-refractivity contribution in [3.8, 4) is 0 Å². The van der Waals surface area contributed by atoms with Crippen LogP contribution in [0.5, 0.6) is 0 Å². The summed E-state index contributed by atoms with van der Waals surface area (Å²) in [6.07, 6.45) is 3.51. The fraction of sp³-hybridized carbons (Fsp3) is 1.00. The first kappa shape index (κ1) is 9.14. The van der Waals surface area contributed by atoms with Gasteiger partial charge >= 0.3 is 0 Å². The topological polar surface area (TPSA) is 18.5 Å². The summed E-state index contributed by atoms with van der Waals surface area (Å²) in [6.45, 7) is 2.17. The highest BCUT2D eigenvalue weighted by Gasteiger charge is 2.00. The zero-order valence-electron chi connectivity index (χ0n) is 6.52. The third-order valence-electron chi connectivity index (χ3n) is 1.32. The van der Waals surface area contributed by atoms with Crippen molar-refractivity contribution in [3.05, 3.63) is 0 Å². The fourth-order valence-corrected chi connectivity index (χ4v) is 1.13. The summed E-state index contributed by atoms with van der Waals surface area (Å²) in [5.74, 6) is 0. The Morgan fingerprint density at radius 2 is 2.22 bits per heavy atom. The first-order valence-corrected chi connectivity index (χ1v) is 4.22. The summed E-state index contributed by atoms with van der Waals surface area (Å²) in [4.78, 5) is 0. The van der Waals surface area contributed by atoms with Crippen molar-refractivity contribution in [1.82, 2.24) is 0 Å². The van der Waals surface area contributed by atoms with Gasteiger partial charge in [-0.3, -0.25) is 0 Å². The number of unbranched alkanes of at least 4 members (excludes halogenated alkanes) is 1. The van der Waals surface area contributed by atoms with E-state index in [1.807, 2.05) is 0 Å². The van der Waals surface area contributed by atoms with Gasteiger partial charge in [-0.05, 0) is 12.8 Å². The van der Waals surface area contributed by atoms with E-state index in [-0.39, 0.29) is 6.29 Å². The van der Waals surface area contributed by atoms with E-state index in [9.17, 15) is 0 Å². The lowest BCUT2D eigenvalue weighted by Crippen LogP contribution is -2.12. The molecule has 0 N–H and O–H groups in total. The second-order valence-electron chi connectivity index (χ2n) is 2.04. The molecule has 1 atom stereocenters. The molecule has 2 nitrogen and oxygen atoms in total. The largest absolute Gasteiger partial charge is 0.404 e. The normalized spacial score (nSPS) is 14.0. The number of hydrogen-bond donors (Lipinski definition) is 0. The molecule has 0 radical (unpaired) electrons. The lowest BCUT2D eigenvalue weighted by molar-refractivity contribution is -0.0548. The molecule has 0 rings (SSSR count). The Kier molecular flexibility index (Phi) is 6.35. The highest BCUT2D eigenvalue weighted by molar-refractivity contribution is 5.98. The van der Waals surface area contributed by atoms with E-state index < -0.39 is 0 Å². The summed E-state index contributed by atoms with van der Waals surface area (Å²) in [5, 5.41) is 0. The molecule has 0 saturated carbocycles. The van der Waals surface area contributed by atoms with Crippen molar-refractivity contribution >= 4 is 10.5 Å². The smallest absolute Gasteiger partial charge is 0.149 e. The van der Waals surface area contributed by atoms with Gasteiger partial charge in [0.05, 0.1) is 0 Å². The van der Waals surface area contributed by atoms with E-state index in [1.54, 1.807) is 7.11 Å². The minimum absolute atomic E-state index is 0.0663. The van der Waals surface area contributed by atoms with Crippen LogP contribution in [0.15, 0.2) is 0 Å². The minimum atomic E-state index is 0.0663. The highest BCUT2D eigenvalue weighted by atomic mass is 28.2. The molecule has 3 heteroatoms. The Hall–Kier alpha value is 0.137. The Balaban J connectivity index is 3.09. The molecule has 0 aliphatic rings. The van der Waals surface area contributed by atoms with Crippen molar-refractivity contribution in [2.24, 2.45) is 0 Å². The molecule has 0 fully saturated rings. The van der Waals surface area contributed by atoms with Crippen molar-refractivity contribution < 1.29 is 9.16 Å². The van der Waals surface area contributed by atoms with Crippen molar-refractivity contribution in [2.75, 3.05) is 7.11 Å². The van der Waals surface area contributed by atoms with Gasteiger partial charge in [-0.15, -0.1) is 0 Å². The SMILES string of the molecule is CCCCC(OC)O[SiH3]. The Labute approximate surface area is 60.1 Å². The predicted molar refractivity (Wildman–Crippen MR) is 41.3 cm³/mol. The van der Waals surface area contributed by atoms with Crippen LogP contribution in [-0.2, 0) is 9.16 Å². The van der Waals surface area contributed by atoms with E-state index in [0.29, 0.717) is 0 Å². The van der Waals surface area contributed by atoms with Crippen molar-refractivity contribution in [3.63, 3.8) is 0 Å². The van der Waals surface area contributed by atoms with Gasteiger partial charge in [-0.1, -0.05) is 13.3 Å². The monoisotopic (exact) mass is 148 g/mol. The van der Waals surface area contributed by atoms with Crippen LogP contribution in [0.4, 0.5) is 0 Å². The Morgan fingerprint density at radius 1 is 1.56 bits per heavy atom. The van der Waals surface area contributed by atoms with Crippen molar-refractivity contribution in [2.45, 2.75) is 32.5 Å².